The minimum Gasteiger partial charge on any atom is -0.243 e. The van der Waals surface area contributed by atoms with E-state index in [1.807, 2.05) is 23.5 Å². The van der Waals surface area contributed by atoms with E-state index in [0.717, 1.165) is 33.5 Å². The second-order valence-electron chi connectivity index (χ2n) is 8.22. The Morgan fingerprint density at radius 3 is 1.42 bits per heavy atom. The molecular weight excluding hydrogens is 461 g/mol. The summed E-state index contributed by atoms with van der Waals surface area (Å²) in [5.41, 5.74) is 6.13. The fourth-order valence-electron chi connectivity index (χ4n) is 3.70. The smallest absolute Gasteiger partial charge is 0.100 e. The molecule has 2 nitrogen and oxygen atoms in total. The van der Waals surface area contributed by atoms with Crippen molar-refractivity contribution in [3.8, 4) is 22.5 Å². The van der Waals surface area contributed by atoms with E-state index in [1.165, 1.54) is 59.8 Å². The molecule has 0 N–H and O–H groups in total. The van der Waals surface area contributed by atoms with E-state index in [2.05, 4.69) is 73.1 Å². The quantitative estimate of drug-likeness (QED) is 0.145. The molecule has 5 heteroatoms. The maximum absolute atomic E-state index is 5.03. The number of aromatic nitrogens is 2. The molecule has 0 amide bonds. The highest BCUT2D eigenvalue weighted by molar-refractivity contribution is 7.99. The molecule has 4 aromatic rings. The molecule has 0 aliphatic carbocycles. The molecule has 33 heavy (non-hydrogen) atoms. The van der Waals surface area contributed by atoms with Crippen LogP contribution in [0.4, 0.5) is 0 Å². The van der Waals surface area contributed by atoms with Crippen molar-refractivity contribution < 1.29 is 0 Å². The fourth-order valence-corrected chi connectivity index (χ4v) is 6.20. The molecule has 0 unspecified atom stereocenters. The van der Waals surface area contributed by atoms with Gasteiger partial charge in [0, 0.05) is 31.7 Å². The van der Waals surface area contributed by atoms with Gasteiger partial charge in [0.25, 0.3) is 0 Å². The van der Waals surface area contributed by atoms with E-state index >= 15 is 0 Å². The summed E-state index contributed by atoms with van der Waals surface area (Å²) in [5.74, 6) is 2.36. The van der Waals surface area contributed by atoms with E-state index in [1.54, 1.807) is 11.3 Å². The monoisotopic (exact) mass is 492 g/mol. The summed E-state index contributed by atoms with van der Waals surface area (Å²) >= 11 is 5.55. The Kier molecular flexibility index (Phi) is 9.27. The molecule has 0 spiro atoms. The van der Waals surface area contributed by atoms with Crippen LogP contribution in [0.25, 0.3) is 33.5 Å². The van der Waals surface area contributed by atoms with Crippen LogP contribution in [0.3, 0.4) is 0 Å². The van der Waals surface area contributed by atoms with Crippen molar-refractivity contribution in [1.82, 2.24) is 9.97 Å². The highest BCUT2D eigenvalue weighted by Crippen LogP contribution is 2.34. The van der Waals surface area contributed by atoms with Gasteiger partial charge in [-0.3, -0.25) is 0 Å². The first-order valence-corrected chi connectivity index (χ1v) is 14.9. The van der Waals surface area contributed by atoms with Gasteiger partial charge in [-0.1, -0.05) is 63.8 Å². The zero-order valence-electron chi connectivity index (χ0n) is 19.5. The van der Waals surface area contributed by atoms with Gasteiger partial charge < -0.3 is 0 Å². The molecule has 0 bridgehead atoms. The van der Waals surface area contributed by atoms with Crippen molar-refractivity contribution >= 4 is 45.9 Å². The number of nitrogens with zero attached hydrogens (tertiary/aromatic N) is 2. The highest BCUT2D eigenvalue weighted by Gasteiger charge is 2.14. The highest BCUT2D eigenvalue weighted by atomic mass is 32.2. The third-order valence-corrected chi connectivity index (χ3v) is 8.51. The molecule has 2 aromatic carbocycles. The Labute approximate surface area is 210 Å². The van der Waals surface area contributed by atoms with Crippen molar-refractivity contribution in [1.29, 1.82) is 0 Å². The Bertz CT molecular complexity index is 1040. The normalized spacial score (nSPS) is 11.3. The van der Waals surface area contributed by atoms with Crippen LogP contribution in [-0.2, 0) is 0 Å². The van der Waals surface area contributed by atoms with Crippen LogP contribution >= 0.6 is 34.9 Å². The third-order valence-electron chi connectivity index (χ3n) is 5.60. The molecule has 0 saturated carbocycles. The van der Waals surface area contributed by atoms with Crippen LogP contribution in [0.5, 0.6) is 0 Å². The predicted octanol–water partition coefficient (Wildman–Crippen LogP) is 9.59. The summed E-state index contributed by atoms with van der Waals surface area (Å²) in [6, 6.07) is 17.7. The van der Waals surface area contributed by atoms with Gasteiger partial charge in [-0.2, -0.15) is 0 Å². The van der Waals surface area contributed by atoms with Crippen LogP contribution in [0, 0.1) is 0 Å². The van der Waals surface area contributed by atoms with Crippen LogP contribution in [0.1, 0.15) is 52.4 Å². The van der Waals surface area contributed by atoms with Crippen LogP contribution in [-0.4, -0.2) is 21.5 Å². The number of rotatable bonds is 12. The first kappa shape index (κ1) is 24.3. The lowest BCUT2D eigenvalue weighted by atomic mass is 10.0. The number of fused-ring (bicyclic) bond motifs is 1. The Hall–Kier alpha value is -1.82. The molecule has 0 radical (unpaired) electrons. The summed E-state index contributed by atoms with van der Waals surface area (Å²) in [5, 5.41) is 4.17. The lowest BCUT2D eigenvalue weighted by Gasteiger charge is -2.11. The van der Waals surface area contributed by atoms with Gasteiger partial charge >= 0.3 is 0 Å². The number of hydrogen-bond acceptors (Lipinski definition) is 5. The summed E-state index contributed by atoms with van der Waals surface area (Å²) in [7, 11) is 0. The molecule has 0 aliphatic heterocycles. The van der Waals surface area contributed by atoms with Crippen molar-refractivity contribution in [3.05, 3.63) is 59.3 Å². The molecular formula is C28H32N2S3. The second kappa shape index (κ2) is 12.6. The molecule has 0 saturated heterocycles. The lowest BCUT2D eigenvalue weighted by molar-refractivity contribution is 0.778. The first-order chi connectivity index (χ1) is 16.3. The fraction of sp³-hybridized carbons (Fsp3) is 0.357. The predicted molar refractivity (Wildman–Crippen MR) is 149 cm³/mol. The van der Waals surface area contributed by atoms with Crippen LogP contribution < -0.4 is 0 Å². The zero-order chi connectivity index (χ0) is 22.9. The van der Waals surface area contributed by atoms with E-state index in [0.29, 0.717) is 0 Å². The molecule has 0 atom stereocenters. The van der Waals surface area contributed by atoms with Gasteiger partial charge in [0.1, 0.15) is 11.0 Å². The van der Waals surface area contributed by atoms with Crippen molar-refractivity contribution in [2.24, 2.45) is 0 Å². The molecule has 172 valence electrons. The van der Waals surface area contributed by atoms with Crippen LogP contribution in [0.2, 0.25) is 0 Å². The number of hydrogen-bond donors (Lipinski definition) is 0. The van der Waals surface area contributed by atoms with Gasteiger partial charge in [-0.15, -0.1) is 34.9 Å². The van der Waals surface area contributed by atoms with Crippen molar-refractivity contribution in [3.63, 3.8) is 0 Å². The number of unbranched alkanes of at least 4 members (excludes halogenated alkanes) is 4. The minimum atomic E-state index is 0.965. The van der Waals surface area contributed by atoms with Crippen molar-refractivity contribution in [2.45, 2.75) is 62.2 Å². The topological polar surface area (TPSA) is 25.8 Å². The van der Waals surface area contributed by atoms with E-state index in [-0.39, 0.29) is 0 Å². The lowest BCUT2D eigenvalue weighted by Crippen LogP contribution is -1.94. The van der Waals surface area contributed by atoms with E-state index in [9.17, 15) is 0 Å². The standard InChI is InChI=1S/C28H32N2S3/c1-3-5-7-17-32-23-13-9-21(10-14-23)27-28(30-26-20-31-19-25(26)29-27)22-11-15-24(16-12-22)33-18-8-6-4-2/h9-16,19-20H,3-8,17-18H2,1-2H3. The molecule has 2 heterocycles. The second-order valence-corrected chi connectivity index (χ2v) is 11.3. The summed E-state index contributed by atoms with van der Waals surface area (Å²) in [6.07, 6.45) is 7.71. The maximum atomic E-state index is 5.03. The average Bonchev–Trinajstić information content (AvgIpc) is 3.32. The van der Waals surface area contributed by atoms with E-state index < -0.39 is 0 Å². The largest absolute Gasteiger partial charge is 0.243 e. The minimum absolute atomic E-state index is 0.965. The maximum Gasteiger partial charge on any atom is 0.100 e. The molecule has 2 aromatic heterocycles. The summed E-state index contributed by atoms with van der Waals surface area (Å²) in [4.78, 5) is 12.7. The van der Waals surface area contributed by atoms with Gasteiger partial charge in [-0.05, 0) is 48.6 Å². The number of benzene rings is 2. The van der Waals surface area contributed by atoms with E-state index in [4.69, 9.17) is 9.97 Å². The Balaban J connectivity index is 1.57. The Morgan fingerprint density at radius 2 is 1.03 bits per heavy atom. The average molecular weight is 493 g/mol. The van der Waals surface area contributed by atoms with Crippen LogP contribution in [0.15, 0.2) is 69.1 Å². The summed E-state index contributed by atoms with van der Waals surface area (Å²) in [6.45, 7) is 4.50. The SMILES string of the molecule is CCCCCSc1ccc(-c2nc3cscc3nc2-c2ccc(SCCCCC)cc2)cc1. The molecule has 4 rings (SSSR count). The zero-order valence-corrected chi connectivity index (χ0v) is 22.0. The Morgan fingerprint density at radius 1 is 0.606 bits per heavy atom. The van der Waals surface area contributed by atoms with Crippen molar-refractivity contribution in [2.75, 3.05) is 11.5 Å². The molecule has 0 fully saturated rings. The van der Waals surface area contributed by atoms with Gasteiger partial charge in [-0.25, -0.2) is 9.97 Å². The molecule has 0 aliphatic rings. The number of thiophene rings is 1. The number of thioether (sulfide) groups is 2. The van der Waals surface area contributed by atoms with Gasteiger partial charge in [0.15, 0.2) is 0 Å². The third kappa shape index (κ3) is 6.62. The van der Waals surface area contributed by atoms with Gasteiger partial charge in [0.2, 0.25) is 0 Å². The van der Waals surface area contributed by atoms with Gasteiger partial charge in [0.05, 0.1) is 11.4 Å². The first-order valence-electron chi connectivity index (χ1n) is 12.0. The summed E-state index contributed by atoms with van der Waals surface area (Å²) < 4.78 is 0.